The standard InChI is InChI=1S/C31H42N6O4S/c1-42(39,40)21-3-20-41-28-5-2-4-27-26(28)15-19-37(27)29-12-16-32-31(35-29)34-24-8-6-22(7-9-24)30(38)36-17-13-25(14-18-36)33-23-10-11-23/h2,4-5,12,15-16,19,22-25,33H,3,6-11,13-14,17-18,20-21H2,1H3,(H,32,34,35). The monoisotopic (exact) mass is 594 g/mol. The van der Waals surface area contributed by atoms with Crippen LogP contribution < -0.4 is 15.4 Å². The highest BCUT2D eigenvalue weighted by atomic mass is 32.2. The molecule has 2 aromatic heterocycles. The lowest BCUT2D eigenvalue weighted by Crippen LogP contribution is -2.48. The molecule has 0 atom stereocenters. The van der Waals surface area contributed by atoms with Crippen LogP contribution in [0.5, 0.6) is 5.75 Å². The summed E-state index contributed by atoms with van der Waals surface area (Å²) in [7, 11) is -3.01. The number of anilines is 1. The lowest BCUT2D eigenvalue weighted by Gasteiger charge is -2.36. The molecule has 3 aromatic rings. The molecule has 0 spiro atoms. The summed E-state index contributed by atoms with van der Waals surface area (Å²) in [6.45, 7) is 2.10. The molecule has 1 aliphatic heterocycles. The fourth-order valence-corrected chi connectivity index (χ4v) is 6.94. The van der Waals surface area contributed by atoms with E-state index in [9.17, 15) is 13.2 Å². The molecule has 0 unspecified atom stereocenters. The smallest absolute Gasteiger partial charge is 0.225 e. The Bertz CT molecular complexity index is 1490. The molecule has 2 saturated carbocycles. The Morgan fingerprint density at radius 1 is 0.976 bits per heavy atom. The first kappa shape index (κ1) is 28.9. The number of sulfone groups is 1. The van der Waals surface area contributed by atoms with Crippen LogP contribution in [-0.2, 0) is 14.6 Å². The third kappa shape index (κ3) is 7.23. The molecule has 3 fully saturated rings. The number of nitrogens with one attached hydrogen (secondary N) is 2. The van der Waals surface area contributed by atoms with Gasteiger partial charge in [0.2, 0.25) is 11.9 Å². The van der Waals surface area contributed by atoms with Crippen molar-refractivity contribution in [1.82, 2.24) is 24.8 Å². The van der Waals surface area contributed by atoms with E-state index in [2.05, 4.69) is 20.5 Å². The van der Waals surface area contributed by atoms with Gasteiger partial charge < -0.3 is 24.8 Å². The molecular formula is C31H42N6O4S. The van der Waals surface area contributed by atoms with Gasteiger partial charge in [0.15, 0.2) is 0 Å². The quantitative estimate of drug-likeness (QED) is 0.321. The van der Waals surface area contributed by atoms with Crippen molar-refractivity contribution in [2.24, 2.45) is 5.92 Å². The van der Waals surface area contributed by atoms with Crippen LogP contribution in [0.1, 0.15) is 57.8 Å². The average Bonchev–Trinajstić information content (AvgIpc) is 3.69. The topological polar surface area (TPSA) is 118 Å². The maximum Gasteiger partial charge on any atom is 0.225 e. The van der Waals surface area contributed by atoms with Gasteiger partial charge in [0.25, 0.3) is 0 Å². The Labute approximate surface area is 248 Å². The third-order valence-corrected chi connectivity index (χ3v) is 9.79. The number of carbonyl (C=O) groups excluding carboxylic acids is 1. The van der Waals surface area contributed by atoms with Crippen LogP contribution >= 0.6 is 0 Å². The number of likely N-dealkylation sites (tertiary alicyclic amines) is 1. The highest BCUT2D eigenvalue weighted by Crippen LogP contribution is 2.31. The molecule has 6 rings (SSSR count). The number of amides is 1. The second kappa shape index (κ2) is 12.6. The highest BCUT2D eigenvalue weighted by Gasteiger charge is 2.33. The Balaban J connectivity index is 1.02. The van der Waals surface area contributed by atoms with E-state index in [4.69, 9.17) is 9.72 Å². The fourth-order valence-electron chi connectivity index (χ4n) is 6.30. The van der Waals surface area contributed by atoms with Crippen molar-refractivity contribution in [2.45, 2.75) is 75.9 Å². The number of rotatable bonds is 11. The number of benzene rings is 1. The fraction of sp³-hybridized carbons (Fsp3) is 0.581. The van der Waals surface area contributed by atoms with Crippen molar-refractivity contribution in [3.63, 3.8) is 0 Å². The summed E-state index contributed by atoms with van der Waals surface area (Å²) in [5.74, 6) is 2.63. The maximum absolute atomic E-state index is 13.2. The zero-order valence-electron chi connectivity index (χ0n) is 24.4. The predicted molar refractivity (Wildman–Crippen MR) is 164 cm³/mol. The van der Waals surface area contributed by atoms with Crippen LogP contribution in [0.3, 0.4) is 0 Å². The van der Waals surface area contributed by atoms with E-state index in [1.165, 1.54) is 19.1 Å². The van der Waals surface area contributed by atoms with Gasteiger partial charge in [0, 0.05) is 61.2 Å². The molecule has 42 heavy (non-hydrogen) atoms. The minimum atomic E-state index is -3.01. The molecular weight excluding hydrogens is 552 g/mol. The van der Waals surface area contributed by atoms with E-state index in [1.807, 2.05) is 41.1 Å². The van der Waals surface area contributed by atoms with Crippen LogP contribution in [0.25, 0.3) is 16.7 Å². The molecule has 10 nitrogen and oxygen atoms in total. The number of nitrogens with zero attached hydrogens (tertiary/aromatic N) is 4. The van der Waals surface area contributed by atoms with Gasteiger partial charge in [0.1, 0.15) is 21.4 Å². The Hall–Kier alpha value is -3.18. The normalized spacial score (nSPS) is 21.9. The minimum Gasteiger partial charge on any atom is -0.493 e. The molecule has 1 amide bonds. The average molecular weight is 595 g/mol. The van der Waals surface area contributed by atoms with Crippen molar-refractivity contribution in [2.75, 3.05) is 37.0 Å². The van der Waals surface area contributed by atoms with Gasteiger partial charge in [-0.1, -0.05) is 6.07 Å². The van der Waals surface area contributed by atoms with Gasteiger partial charge in [0.05, 0.1) is 17.9 Å². The lowest BCUT2D eigenvalue weighted by atomic mass is 9.84. The second-order valence-corrected chi connectivity index (χ2v) is 14.4. The number of hydrogen-bond acceptors (Lipinski definition) is 8. The van der Waals surface area contributed by atoms with Crippen LogP contribution in [0.15, 0.2) is 42.7 Å². The molecule has 3 heterocycles. The second-order valence-electron chi connectivity index (χ2n) is 12.2. The van der Waals surface area contributed by atoms with Crippen LogP contribution in [-0.4, -0.2) is 83.6 Å². The molecule has 1 saturated heterocycles. The van der Waals surface area contributed by atoms with Gasteiger partial charge in [-0.05, 0) is 82.1 Å². The molecule has 226 valence electrons. The van der Waals surface area contributed by atoms with Crippen LogP contribution in [0.2, 0.25) is 0 Å². The molecule has 3 aliphatic rings. The summed E-state index contributed by atoms with van der Waals surface area (Å²) < 4.78 is 30.7. The van der Waals surface area contributed by atoms with Crippen molar-refractivity contribution in [3.05, 3.63) is 42.7 Å². The zero-order chi connectivity index (χ0) is 29.1. The van der Waals surface area contributed by atoms with Gasteiger partial charge in [-0.2, -0.15) is 4.98 Å². The van der Waals surface area contributed by atoms with E-state index in [0.717, 1.165) is 80.1 Å². The van der Waals surface area contributed by atoms with E-state index in [1.54, 1.807) is 6.20 Å². The molecule has 0 bridgehead atoms. The van der Waals surface area contributed by atoms with Gasteiger partial charge in [-0.25, -0.2) is 13.4 Å². The first-order valence-electron chi connectivity index (χ1n) is 15.4. The number of fused-ring (bicyclic) bond motifs is 1. The molecule has 11 heteroatoms. The van der Waals surface area contributed by atoms with Crippen molar-refractivity contribution in [3.8, 4) is 11.6 Å². The van der Waals surface area contributed by atoms with Crippen LogP contribution in [0, 0.1) is 5.92 Å². The summed E-state index contributed by atoms with van der Waals surface area (Å²) in [6.07, 6.45) is 13.8. The molecule has 1 aromatic carbocycles. The number of piperidine rings is 1. The van der Waals surface area contributed by atoms with E-state index in [-0.39, 0.29) is 17.7 Å². The summed E-state index contributed by atoms with van der Waals surface area (Å²) in [6, 6.07) is 11.3. The summed E-state index contributed by atoms with van der Waals surface area (Å²) in [5, 5.41) is 8.17. The molecule has 2 N–H and O–H groups in total. The Kier molecular flexibility index (Phi) is 8.67. The van der Waals surface area contributed by atoms with E-state index < -0.39 is 9.84 Å². The Morgan fingerprint density at radius 2 is 1.71 bits per heavy atom. The predicted octanol–water partition coefficient (Wildman–Crippen LogP) is 3.95. The maximum atomic E-state index is 13.2. The van der Waals surface area contributed by atoms with Gasteiger partial charge >= 0.3 is 0 Å². The molecule has 0 radical (unpaired) electrons. The number of aromatic nitrogens is 3. The van der Waals surface area contributed by atoms with E-state index >= 15 is 0 Å². The van der Waals surface area contributed by atoms with E-state index in [0.29, 0.717) is 30.9 Å². The van der Waals surface area contributed by atoms with Gasteiger partial charge in [-0.3, -0.25) is 4.79 Å². The first-order chi connectivity index (χ1) is 20.3. The number of carbonyl (C=O) groups is 1. The summed E-state index contributed by atoms with van der Waals surface area (Å²) in [4.78, 5) is 24.6. The minimum absolute atomic E-state index is 0.107. The van der Waals surface area contributed by atoms with Crippen molar-refractivity contribution in [1.29, 1.82) is 0 Å². The van der Waals surface area contributed by atoms with Gasteiger partial charge in [-0.15, -0.1) is 0 Å². The number of ether oxygens (including phenoxy) is 1. The van der Waals surface area contributed by atoms with Crippen molar-refractivity contribution >= 4 is 32.6 Å². The molecule has 2 aliphatic carbocycles. The SMILES string of the molecule is CS(=O)(=O)CCCOc1cccc2c1ccn2-c1ccnc(NC2CCC(C(=O)N3CCC(NC4CC4)CC3)CC2)n1. The largest absolute Gasteiger partial charge is 0.493 e. The van der Waals surface area contributed by atoms with Crippen molar-refractivity contribution < 1.29 is 17.9 Å². The summed E-state index contributed by atoms with van der Waals surface area (Å²) >= 11 is 0. The summed E-state index contributed by atoms with van der Waals surface area (Å²) in [5.41, 5.74) is 0.951. The lowest BCUT2D eigenvalue weighted by molar-refractivity contribution is -0.137. The number of hydrogen-bond donors (Lipinski definition) is 2. The highest BCUT2D eigenvalue weighted by molar-refractivity contribution is 7.90. The first-order valence-corrected chi connectivity index (χ1v) is 17.4. The Morgan fingerprint density at radius 3 is 2.45 bits per heavy atom. The third-order valence-electron chi connectivity index (χ3n) is 8.76. The van der Waals surface area contributed by atoms with Crippen LogP contribution in [0.4, 0.5) is 5.95 Å². The zero-order valence-corrected chi connectivity index (χ0v) is 25.2.